The van der Waals surface area contributed by atoms with Gasteiger partial charge < -0.3 is 5.32 Å². The molecule has 0 saturated heterocycles. The van der Waals surface area contributed by atoms with Gasteiger partial charge in [-0.25, -0.2) is 8.78 Å². The summed E-state index contributed by atoms with van der Waals surface area (Å²) in [6.07, 6.45) is -2.33. The normalized spacial score (nSPS) is 13.0. The first-order valence-corrected chi connectivity index (χ1v) is 4.21. The molecule has 1 aromatic carbocycles. The molecule has 0 aliphatic carbocycles. The van der Waals surface area contributed by atoms with E-state index in [1.165, 1.54) is 6.92 Å². The second kappa shape index (κ2) is 4.21. The zero-order valence-electron chi connectivity index (χ0n) is 7.72. The Morgan fingerprint density at radius 2 is 2.00 bits per heavy atom. The molecular weight excluding hydrogens is 172 g/mol. The number of hydrogen-bond donors (Lipinski definition) is 1. The van der Waals surface area contributed by atoms with Crippen LogP contribution in [0.15, 0.2) is 24.3 Å². The van der Waals surface area contributed by atoms with Crippen molar-refractivity contribution in [3.63, 3.8) is 0 Å². The number of hydrogen-bond acceptors (Lipinski definition) is 1. The van der Waals surface area contributed by atoms with E-state index in [0.717, 1.165) is 11.3 Å². The second-order valence-electron chi connectivity index (χ2n) is 3.14. The van der Waals surface area contributed by atoms with Gasteiger partial charge in [0.25, 0.3) is 6.43 Å². The minimum atomic E-state index is -2.33. The van der Waals surface area contributed by atoms with E-state index in [0.29, 0.717) is 0 Å². The minimum Gasteiger partial charge on any atom is -0.377 e. The largest absolute Gasteiger partial charge is 0.377 e. The molecule has 0 aliphatic rings. The van der Waals surface area contributed by atoms with Crippen LogP contribution in [0.1, 0.15) is 12.5 Å². The van der Waals surface area contributed by atoms with Crippen LogP contribution in [0.4, 0.5) is 14.5 Å². The SMILES string of the molecule is Cc1cccc(NC(C)C(F)F)c1. The Balaban J connectivity index is 2.64. The maximum absolute atomic E-state index is 12.2. The Kier molecular flexibility index (Phi) is 3.23. The van der Waals surface area contributed by atoms with Crippen molar-refractivity contribution in [3.8, 4) is 0 Å². The first kappa shape index (κ1) is 9.96. The van der Waals surface area contributed by atoms with E-state index in [2.05, 4.69) is 5.32 Å². The average molecular weight is 185 g/mol. The van der Waals surface area contributed by atoms with Gasteiger partial charge in [-0.2, -0.15) is 0 Å². The van der Waals surface area contributed by atoms with E-state index in [1.54, 1.807) is 6.07 Å². The lowest BCUT2D eigenvalue weighted by Crippen LogP contribution is -2.23. The number of nitrogens with one attached hydrogen (secondary N) is 1. The van der Waals surface area contributed by atoms with Gasteiger partial charge in [0.05, 0.1) is 6.04 Å². The van der Waals surface area contributed by atoms with Crippen molar-refractivity contribution in [2.24, 2.45) is 0 Å². The zero-order valence-corrected chi connectivity index (χ0v) is 7.72. The van der Waals surface area contributed by atoms with Crippen molar-refractivity contribution in [1.29, 1.82) is 0 Å². The van der Waals surface area contributed by atoms with Crippen molar-refractivity contribution in [2.45, 2.75) is 26.3 Å². The van der Waals surface area contributed by atoms with Gasteiger partial charge in [0.2, 0.25) is 0 Å². The fraction of sp³-hybridized carbons (Fsp3) is 0.400. The molecule has 0 spiro atoms. The third kappa shape index (κ3) is 3.01. The number of alkyl halides is 2. The molecule has 0 amide bonds. The van der Waals surface area contributed by atoms with Crippen LogP contribution in [0.2, 0.25) is 0 Å². The maximum Gasteiger partial charge on any atom is 0.258 e. The van der Waals surface area contributed by atoms with Crippen LogP contribution < -0.4 is 5.32 Å². The summed E-state index contributed by atoms with van der Waals surface area (Å²) < 4.78 is 24.3. The first-order valence-electron chi connectivity index (χ1n) is 4.21. The Morgan fingerprint density at radius 3 is 2.54 bits per heavy atom. The molecule has 0 bridgehead atoms. The van der Waals surface area contributed by atoms with Crippen LogP contribution in [0.3, 0.4) is 0 Å². The van der Waals surface area contributed by atoms with Crippen molar-refractivity contribution in [2.75, 3.05) is 5.32 Å². The van der Waals surface area contributed by atoms with Crippen LogP contribution >= 0.6 is 0 Å². The summed E-state index contributed by atoms with van der Waals surface area (Å²) in [5, 5.41) is 2.73. The average Bonchev–Trinajstić information content (AvgIpc) is 2.04. The third-order valence-corrected chi connectivity index (χ3v) is 1.79. The molecule has 13 heavy (non-hydrogen) atoms. The summed E-state index contributed by atoms with van der Waals surface area (Å²) in [6, 6.07) is 6.60. The highest BCUT2D eigenvalue weighted by Crippen LogP contribution is 2.13. The molecule has 1 nitrogen and oxygen atoms in total. The monoisotopic (exact) mass is 185 g/mol. The Bertz CT molecular complexity index is 273. The predicted octanol–water partition coefficient (Wildman–Crippen LogP) is 3.06. The fourth-order valence-electron chi connectivity index (χ4n) is 1.06. The molecule has 72 valence electrons. The highest BCUT2D eigenvalue weighted by molar-refractivity contribution is 5.46. The van der Waals surface area contributed by atoms with Crippen molar-refractivity contribution in [1.82, 2.24) is 0 Å². The van der Waals surface area contributed by atoms with Gasteiger partial charge in [0.15, 0.2) is 0 Å². The van der Waals surface area contributed by atoms with E-state index in [-0.39, 0.29) is 0 Å². The fourth-order valence-corrected chi connectivity index (χ4v) is 1.06. The van der Waals surface area contributed by atoms with Gasteiger partial charge in [-0.15, -0.1) is 0 Å². The minimum absolute atomic E-state index is 0.743. The van der Waals surface area contributed by atoms with Crippen molar-refractivity contribution < 1.29 is 8.78 Å². The number of benzene rings is 1. The Hall–Kier alpha value is -1.12. The van der Waals surface area contributed by atoms with Gasteiger partial charge in [-0.1, -0.05) is 12.1 Å². The molecule has 0 radical (unpaired) electrons. The summed E-state index contributed by atoms with van der Waals surface area (Å²) >= 11 is 0. The summed E-state index contributed by atoms with van der Waals surface area (Å²) in [7, 11) is 0. The molecule has 1 rings (SSSR count). The molecule has 0 heterocycles. The number of halogens is 2. The predicted molar refractivity (Wildman–Crippen MR) is 50.3 cm³/mol. The van der Waals surface area contributed by atoms with Crippen LogP contribution in [0, 0.1) is 6.92 Å². The summed E-state index contributed by atoms with van der Waals surface area (Å²) in [6.45, 7) is 3.39. The molecule has 1 unspecified atom stereocenters. The summed E-state index contributed by atoms with van der Waals surface area (Å²) in [5.74, 6) is 0. The second-order valence-corrected chi connectivity index (χ2v) is 3.14. The van der Waals surface area contributed by atoms with Crippen LogP contribution in [0.25, 0.3) is 0 Å². The van der Waals surface area contributed by atoms with Crippen molar-refractivity contribution >= 4 is 5.69 Å². The van der Waals surface area contributed by atoms with Gasteiger partial charge in [0.1, 0.15) is 0 Å². The molecule has 1 N–H and O–H groups in total. The van der Waals surface area contributed by atoms with Gasteiger partial charge in [-0.3, -0.25) is 0 Å². The lowest BCUT2D eigenvalue weighted by molar-refractivity contribution is 0.131. The van der Waals surface area contributed by atoms with E-state index in [1.807, 2.05) is 25.1 Å². The topological polar surface area (TPSA) is 12.0 Å². The van der Waals surface area contributed by atoms with E-state index in [9.17, 15) is 8.78 Å². The molecule has 0 aliphatic heterocycles. The molecule has 1 atom stereocenters. The third-order valence-electron chi connectivity index (χ3n) is 1.79. The first-order chi connectivity index (χ1) is 6.09. The molecule has 0 fully saturated rings. The lowest BCUT2D eigenvalue weighted by atomic mass is 10.2. The van der Waals surface area contributed by atoms with Crippen molar-refractivity contribution in [3.05, 3.63) is 29.8 Å². The van der Waals surface area contributed by atoms with E-state index < -0.39 is 12.5 Å². The molecule has 0 saturated carbocycles. The Labute approximate surface area is 76.8 Å². The highest BCUT2D eigenvalue weighted by atomic mass is 19.3. The molecule has 3 heteroatoms. The quantitative estimate of drug-likeness (QED) is 0.763. The standard InChI is InChI=1S/C10H13F2N/c1-7-4-3-5-9(6-7)13-8(2)10(11)12/h3-6,8,10,13H,1-2H3. The van der Waals surface area contributed by atoms with Crippen LogP contribution in [-0.2, 0) is 0 Å². The van der Waals surface area contributed by atoms with Crippen LogP contribution in [-0.4, -0.2) is 12.5 Å². The van der Waals surface area contributed by atoms with Crippen LogP contribution in [0.5, 0.6) is 0 Å². The van der Waals surface area contributed by atoms with E-state index in [4.69, 9.17) is 0 Å². The van der Waals surface area contributed by atoms with Gasteiger partial charge in [-0.05, 0) is 31.5 Å². The maximum atomic E-state index is 12.2. The molecule has 1 aromatic rings. The number of rotatable bonds is 3. The highest BCUT2D eigenvalue weighted by Gasteiger charge is 2.13. The lowest BCUT2D eigenvalue weighted by Gasteiger charge is -2.14. The zero-order chi connectivity index (χ0) is 9.84. The van der Waals surface area contributed by atoms with Gasteiger partial charge >= 0.3 is 0 Å². The van der Waals surface area contributed by atoms with Gasteiger partial charge in [0, 0.05) is 5.69 Å². The number of anilines is 1. The Morgan fingerprint density at radius 1 is 1.31 bits per heavy atom. The molecule has 0 aromatic heterocycles. The van der Waals surface area contributed by atoms with E-state index >= 15 is 0 Å². The number of aryl methyl sites for hydroxylation is 1. The molecular formula is C10H13F2N. The summed E-state index contributed by atoms with van der Waals surface area (Å²) in [4.78, 5) is 0. The smallest absolute Gasteiger partial charge is 0.258 e. The summed E-state index contributed by atoms with van der Waals surface area (Å²) in [5.41, 5.74) is 1.80.